The number of imidazole rings is 1. The zero-order valence-electron chi connectivity index (χ0n) is 15.5. The van der Waals surface area contributed by atoms with Crippen LogP contribution in [0.25, 0.3) is 0 Å². The zero-order chi connectivity index (χ0) is 21.2. The fourth-order valence-electron chi connectivity index (χ4n) is 2.83. The molecule has 0 aliphatic carbocycles. The van der Waals surface area contributed by atoms with Gasteiger partial charge in [-0.3, -0.25) is 10.1 Å². The Bertz CT molecular complexity index is 1150. The summed E-state index contributed by atoms with van der Waals surface area (Å²) >= 11 is 5.98. The van der Waals surface area contributed by atoms with Crippen molar-refractivity contribution in [3.8, 4) is 0 Å². The first kappa shape index (κ1) is 20.8. The van der Waals surface area contributed by atoms with Crippen LogP contribution < -0.4 is 10.0 Å². The first-order chi connectivity index (χ1) is 13.7. The standard InChI is InChI=1S/C18H18ClN5O4S/c1-20-29(27,28)14-7-8-15(16(11-14)24(25)26)22-17(18-21-9-10-23(18)2)12-3-5-13(19)6-4-12/h3-11,17,20,22H,1-2H3/t17-/m0/s1. The Labute approximate surface area is 172 Å². The van der Waals surface area contributed by atoms with Crippen LogP contribution >= 0.6 is 11.6 Å². The number of aromatic nitrogens is 2. The van der Waals surface area contributed by atoms with Crippen LogP contribution in [0.5, 0.6) is 0 Å². The number of hydrogen-bond acceptors (Lipinski definition) is 6. The summed E-state index contributed by atoms with van der Waals surface area (Å²) in [6, 6.07) is 10.2. The number of nitro groups is 1. The normalized spacial score (nSPS) is 12.5. The third-order valence-electron chi connectivity index (χ3n) is 4.36. The second-order valence-electron chi connectivity index (χ2n) is 6.17. The maximum Gasteiger partial charge on any atom is 0.293 e. The van der Waals surface area contributed by atoms with Gasteiger partial charge in [0.25, 0.3) is 5.69 Å². The number of rotatable bonds is 7. The van der Waals surface area contributed by atoms with Crippen LogP contribution in [0.4, 0.5) is 11.4 Å². The summed E-state index contributed by atoms with van der Waals surface area (Å²) in [5.74, 6) is 0.619. The first-order valence-corrected chi connectivity index (χ1v) is 10.3. The van der Waals surface area contributed by atoms with Crippen molar-refractivity contribution in [3.63, 3.8) is 0 Å². The van der Waals surface area contributed by atoms with Crippen LogP contribution in [0.2, 0.25) is 5.02 Å². The highest BCUT2D eigenvalue weighted by molar-refractivity contribution is 7.89. The molecule has 9 nitrogen and oxygen atoms in total. The lowest BCUT2D eigenvalue weighted by Crippen LogP contribution is -2.20. The van der Waals surface area contributed by atoms with Gasteiger partial charge in [-0.1, -0.05) is 23.7 Å². The summed E-state index contributed by atoms with van der Waals surface area (Å²) in [6.07, 6.45) is 3.38. The largest absolute Gasteiger partial charge is 0.366 e. The molecule has 0 unspecified atom stereocenters. The number of aryl methyl sites for hydroxylation is 1. The first-order valence-electron chi connectivity index (χ1n) is 8.44. The summed E-state index contributed by atoms with van der Waals surface area (Å²) in [5.41, 5.74) is 0.576. The summed E-state index contributed by atoms with van der Waals surface area (Å²) in [6.45, 7) is 0. The molecule has 0 aliphatic rings. The fraction of sp³-hybridized carbons (Fsp3) is 0.167. The number of halogens is 1. The lowest BCUT2D eigenvalue weighted by molar-refractivity contribution is -0.384. The van der Waals surface area contributed by atoms with E-state index in [0.717, 1.165) is 11.6 Å². The lowest BCUT2D eigenvalue weighted by atomic mass is 10.1. The number of benzene rings is 2. The van der Waals surface area contributed by atoms with Crippen LogP contribution in [0, 0.1) is 10.1 Å². The number of anilines is 1. The predicted molar refractivity (Wildman–Crippen MR) is 109 cm³/mol. The third-order valence-corrected chi connectivity index (χ3v) is 6.03. The van der Waals surface area contributed by atoms with Crippen molar-refractivity contribution in [2.45, 2.75) is 10.9 Å². The molecule has 0 bridgehead atoms. The van der Waals surface area contributed by atoms with E-state index in [2.05, 4.69) is 15.0 Å². The van der Waals surface area contributed by atoms with E-state index in [0.29, 0.717) is 10.8 Å². The molecule has 0 saturated carbocycles. The Hall–Kier alpha value is -2.95. The Morgan fingerprint density at radius 1 is 1.21 bits per heavy atom. The van der Waals surface area contributed by atoms with Gasteiger partial charge in [0.15, 0.2) is 0 Å². The van der Waals surface area contributed by atoms with Crippen LogP contribution in [-0.4, -0.2) is 29.9 Å². The summed E-state index contributed by atoms with van der Waals surface area (Å²) < 4.78 is 28.0. The van der Waals surface area contributed by atoms with Gasteiger partial charge in [0.05, 0.1) is 9.82 Å². The number of sulfonamides is 1. The van der Waals surface area contributed by atoms with Crippen molar-refractivity contribution in [3.05, 3.63) is 81.4 Å². The fourth-order valence-corrected chi connectivity index (χ4v) is 3.71. The molecule has 1 atom stereocenters. The number of nitrogens with zero attached hydrogens (tertiary/aromatic N) is 3. The molecule has 1 aromatic heterocycles. The monoisotopic (exact) mass is 435 g/mol. The Morgan fingerprint density at radius 2 is 1.90 bits per heavy atom. The van der Waals surface area contributed by atoms with Gasteiger partial charge in [0.2, 0.25) is 10.0 Å². The van der Waals surface area contributed by atoms with Crippen molar-refractivity contribution in [2.75, 3.05) is 12.4 Å². The molecule has 0 saturated heterocycles. The second kappa shape index (κ2) is 8.19. The van der Waals surface area contributed by atoms with Gasteiger partial charge < -0.3 is 9.88 Å². The van der Waals surface area contributed by atoms with E-state index in [1.165, 1.54) is 19.2 Å². The van der Waals surface area contributed by atoms with E-state index in [9.17, 15) is 18.5 Å². The summed E-state index contributed by atoms with van der Waals surface area (Å²) in [4.78, 5) is 15.1. The van der Waals surface area contributed by atoms with E-state index in [-0.39, 0.29) is 16.3 Å². The highest BCUT2D eigenvalue weighted by Gasteiger charge is 2.25. The molecule has 29 heavy (non-hydrogen) atoms. The van der Waals surface area contributed by atoms with Gasteiger partial charge in [-0.05, 0) is 36.9 Å². The third kappa shape index (κ3) is 4.39. The molecule has 2 N–H and O–H groups in total. The molecule has 0 aliphatic heterocycles. The Morgan fingerprint density at radius 3 is 2.45 bits per heavy atom. The molecule has 0 amide bonds. The van der Waals surface area contributed by atoms with Gasteiger partial charge >= 0.3 is 0 Å². The van der Waals surface area contributed by atoms with Crippen LogP contribution in [0.1, 0.15) is 17.4 Å². The highest BCUT2D eigenvalue weighted by Crippen LogP contribution is 2.33. The summed E-state index contributed by atoms with van der Waals surface area (Å²) in [7, 11) is -0.769. The van der Waals surface area contributed by atoms with Gasteiger partial charge in [-0.25, -0.2) is 18.1 Å². The molecule has 2 aromatic carbocycles. The van der Waals surface area contributed by atoms with Gasteiger partial charge in [0, 0.05) is 30.5 Å². The van der Waals surface area contributed by atoms with Crippen LogP contribution in [0.15, 0.2) is 59.8 Å². The van der Waals surface area contributed by atoms with E-state index in [1.54, 1.807) is 41.2 Å². The van der Waals surface area contributed by atoms with E-state index < -0.39 is 21.0 Å². The van der Waals surface area contributed by atoms with E-state index >= 15 is 0 Å². The van der Waals surface area contributed by atoms with Gasteiger partial charge in [0.1, 0.15) is 17.6 Å². The lowest BCUT2D eigenvalue weighted by Gasteiger charge is -2.20. The van der Waals surface area contributed by atoms with Crippen LogP contribution in [-0.2, 0) is 17.1 Å². The highest BCUT2D eigenvalue weighted by atomic mass is 35.5. The second-order valence-corrected chi connectivity index (χ2v) is 8.49. The molecular formula is C18H18ClN5O4S. The average molecular weight is 436 g/mol. The van der Waals surface area contributed by atoms with E-state index in [4.69, 9.17) is 11.6 Å². The predicted octanol–water partition coefficient (Wildman–Crippen LogP) is 3.09. The molecule has 0 radical (unpaired) electrons. The van der Waals surface area contributed by atoms with Crippen molar-refractivity contribution in [1.29, 1.82) is 0 Å². The minimum Gasteiger partial charge on any atom is -0.366 e. The molecule has 3 aromatic rings. The van der Waals surface area contributed by atoms with E-state index in [1.807, 2.05) is 7.05 Å². The molecule has 3 rings (SSSR count). The SMILES string of the molecule is CNS(=O)(=O)c1ccc(N[C@@H](c2ccc(Cl)cc2)c2nccn2C)c([N+](=O)[O-])c1. The van der Waals surface area contributed by atoms with Crippen molar-refractivity contribution in [2.24, 2.45) is 7.05 Å². The molecule has 1 heterocycles. The molecule has 152 valence electrons. The molecule has 0 spiro atoms. The quantitative estimate of drug-likeness (QED) is 0.434. The van der Waals surface area contributed by atoms with Crippen molar-refractivity contribution in [1.82, 2.24) is 14.3 Å². The maximum atomic E-state index is 12.0. The van der Waals surface area contributed by atoms with Gasteiger partial charge in [-0.2, -0.15) is 0 Å². The topological polar surface area (TPSA) is 119 Å². The van der Waals surface area contributed by atoms with Crippen LogP contribution in [0.3, 0.4) is 0 Å². The van der Waals surface area contributed by atoms with Crippen molar-refractivity contribution >= 4 is 33.0 Å². The van der Waals surface area contributed by atoms with Gasteiger partial charge in [-0.15, -0.1) is 0 Å². The maximum absolute atomic E-state index is 12.0. The Balaban J connectivity index is 2.09. The minimum absolute atomic E-state index is 0.160. The van der Waals surface area contributed by atoms with Crippen molar-refractivity contribution < 1.29 is 13.3 Å². The smallest absolute Gasteiger partial charge is 0.293 e. The summed E-state index contributed by atoms with van der Waals surface area (Å²) in [5, 5.41) is 15.3. The Kier molecular flexibility index (Phi) is 5.87. The number of nitro benzene ring substituents is 1. The number of nitrogens with one attached hydrogen (secondary N) is 2. The average Bonchev–Trinajstić information content (AvgIpc) is 3.12. The molecular weight excluding hydrogens is 418 g/mol. The minimum atomic E-state index is -3.82. The zero-order valence-corrected chi connectivity index (χ0v) is 17.1. The molecule has 0 fully saturated rings. The molecule has 11 heteroatoms. The number of hydrogen-bond donors (Lipinski definition) is 2.